The summed E-state index contributed by atoms with van der Waals surface area (Å²) < 4.78 is 0. The molecule has 0 aromatic heterocycles. The fourth-order valence-corrected chi connectivity index (χ4v) is 2.95. The lowest BCUT2D eigenvalue weighted by Gasteiger charge is -2.18. The molecule has 0 radical (unpaired) electrons. The average Bonchev–Trinajstić information content (AvgIpc) is 2.56. The average molecular weight is 245 g/mol. The molecule has 1 aliphatic rings. The fourth-order valence-electron chi connectivity index (χ4n) is 2.95. The summed E-state index contributed by atoms with van der Waals surface area (Å²) in [6.07, 6.45) is 6.92. The number of hydrogen-bond acceptors (Lipinski definition) is 1. The van der Waals surface area contributed by atoms with Crippen LogP contribution in [0.1, 0.15) is 55.7 Å². The molecule has 0 saturated heterocycles. The second kappa shape index (κ2) is 6.38. The van der Waals surface area contributed by atoms with E-state index in [-0.39, 0.29) is 0 Å². The minimum atomic E-state index is 0.731. The molecule has 18 heavy (non-hydrogen) atoms. The van der Waals surface area contributed by atoms with Gasteiger partial charge in [0.05, 0.1) is 0 Å². The van der Waals surface area contributed by atoms with Crippen LogP contribution < -0.4 is 5.32 Å². The molecule has 1 heteroatoms. The van der Waals surface area contributed by atoms with Crippen molar-refractivity contribution in [3.8, 4) is 0 Å². The van der Waals surface area contributed by atoms with E-state index in [1.54, 1.807) is 0 Å². The predicted octanol–water partition coefficient (Wildman–Crippen LogP) is 4.36. The highest BCUT2D eigenvalue weighted by molar-refractivity contribution is 5.32. The van der Waals surface area contributed by atoms with E-state index >= 15 is 0 Å². The third-order valence-electron chi connectivity index (χ3n) is 4.56. The van der Waals surface area contributed by atoms with Crippen molar-refractivity contribution in [1.82, 2.24) is 5.32 Å². The lowest BCUT2D eigenvalue weighted by molar-refractivity contribution is 0.447. The Morgan fingerprint density at radius 2 is 1.94 bits per heavy atom. The summed E-state index contributed by atoms with van der Waals surface area (Å²) in [5, 5.41) is 3.77. The van der Waals surface area contributed by atoms with Crippen molar-refractivity contribution in [2.45, 2.75) is 65.5 Å². The van der Waals surface area contributed by atoms with E-state index in [0.717, 1.165) is 18.5 Å². The Morgan fingerprint density at radius 1 is 1.11 bits per heavy atom. The van der Waals surface area contributed by atoms with Gasteiger partial charge in [0.25, 0.3) is 0 Å². The quantitative estimate of drug-likeness (QED) is 0.780. The van der Waals surface area contributed by atoms with Crippen molar-refractivity contribution in [3.05, 3.63) is 34.9 Å². The van der Waals surface area contributed by atoms with Crippen molar-refractivity contribution < 1.29 is 0 Å². The molecule has 1 aromatic carbocycles. The summed E-state index contributed by atoms with van der Waals surface area (Å²) in [4.78, 5) is 0. The van der Waals surface area contributed by atoms with Gasteiger partial charge < -0.3 is 5.32 Å². The molecule has 100 valence electrons. The van der Waals surface area contributed by atoms with Crippen molar-refractivity contribution in [2.24, 2.45) is 5.92 Å². The largest absolute Gasteiger partial charge is 0.310 e. The van der Waals surface area contributed by atoms with Gasteiger partial charge in [0.1, 0.15) is 0 Å². The van der Waals surface area contributed by atoms with E-state index in [0.29, 0.717) is 0 Å². The van der Waals surface area contributed by atoms with Crippen molar-refractivity contribution in [3.63, 3.8) is 0 Å². The van der Waals surface area contributed by atoms with Gasteiger partial charge in [-0.1, -0.05) is 38.0 Å². The lowest BCUT2D eigenvalue weighted by Crippen LogP contribution is -2.28. The van der Waals surface area contributed by atoms with Crippen LogP contribution in [0.15, 0.2) is 18.2 Å². The summed E-state index contributed by atoms with van der Waals surface area (Å²) >= 11 is 0. The summed E-state index contributed by atoms with van der Waals surface area (Å²) in [7, 11) is 0. The highest BCUT2D eigenvalue weighted by Crippen LogP contribution is 2.23. The predicted molar refractivity (Wildman–Crippen MR) is 78.8 cm³/mol. The maximum absolute atomic E-state index is 3.77. The van der Waals surface area contributed by atoms with E-state index in [2.05, 4.69) is 44.3 Å². The highest BCUT2D eigenvalue weighted by atomic mass is 14.9. The van der Waals surface area contributed by atoms with Gasteiger partial charge in [0.2, 0.25) is 0 Å². The minimum absolute atomic E-state index is 0.731. The first-order valence-electron chi connectivity index (χ1n) is 7.45. The molecule has 0 bridgehead atoms. The SMILES string of the molecule is Cc1cccc(CNC2CCCC(C)CC2)c1C. The molecule has 1 aliphatic carbocycles. The molecule has 1 aromatic rings. The van der Waals surface area contributed by atoms with Crippen LogP contribution in [0.2, 0.25) is 0 Å². The smallest absolute Gasteiger partial charge is 0.0210 e. The zero-order valence-corrected chi connectivity index (χ0v) is 12.1. The Morgan fingerprint density at radius 3 is 2.78 bits per heavy atom. The molecule has 0 heterocycles. The minimum Gasteiger partial charge on any atom is -0.310 e. The molecule has 1 N–H and O–H groups in total. The Hall–Kier alpha value is -0.820. The fraction of sp³-hybridized carbons (Fsp3) is 0.647. The van der Waals surface area contributed by atoms with Crippen LogP contribution >= 0.6 is 0 Å². The van der Waals surface area contributed by atoms with Gasteiger partial charge in [0, 0.05) is 12.6 Å². The standard InChI is InChI=1S/C17H27N/c1-13-6-4-9-17(11-10-13)18-12-16-8-5-7-14(2)15(16)3/h5,7-8,13,17-18H,4,6,9-12H2,1-3H3. The number of benzene rings is 1. The Bertz CT molecular complexity index is 383. The molecular weight excluding hydrogens is 218 g/mol. The van der Waals surface area contributed by atoms with Crippen LogP contribution in [0.5, 0.6) is 0 Å². The number of hydrogen-bond donors (Lipinski definition) is 1. The number of rotatable bonds is 3. The first-order valence-corrected chi connectivity index (χ1v) is 7.45. The number of nitrogens with one attached hydrogen (secondary N) is 1. The molecular formula is C17H27N. The van der Waals surface area contributed by atoms with Crippen LogP contribution in [-0.4, -0.2) is 6.04 Å². The van der Waals surface area contributed by atoms with E-state index in [1.165, 1.54) is 48.8 Å². The van der Waals surface area contributed by atoms with Gasteiger partial charge in [-0.15, -0.1) is 0 Å². The summed E-state index contributed by atoms with van der Waals surface area (Å²) in [5.74, 6) is 0.928. The summed E-state index contributed by atoms with van der Waals surface area (Å²) in [6.45, 7) is 7.87. The first-order chi connectivity index (χ1) is 8.66. The van der Waals surface area contributed by atoms with Crippen LogP contribution in [0.3, 0.4) is 0 Å². The van der Waals surface area contributed by atoms with Crippen LogP contribution in [0.4, 0.5) is 0 Å². The van der Waals surface area contributed by atoms with Gasteiger partial charge in [0.15, 0.2) is 0 Å². The molecule has 0 aliphatic heterocycles. The van der Waals surface area contributed by atoms with Gasteiger partial charge >= 0.3 is 0 Å². The molecule has 0 amide bonds. The maximum atomic E-state index is 3.77. The zero-order valence-electron chi connectivity index (χ0n) is 12.1. The maximum Gasteiger partial charge on any atom is 0.0210 e. The topological polar surface area (TPSA) is 12.0 Å². The lowest BCUT2D eigenvalue weighted by atomic mass is 10.0. The van der Waals surface area contributed by atoms with Gasteiger partial charge in [-0.2, -0.15) is 0 Å². The molecule has 2 rings (SSSR count). The van der Waals surface area contributed by atoms with Gasteiger partial charge in [-0.3, -0.25) is 0 Å². The van der Waals surface area contributed by atoms with Crippen LogP contribution in [-0.2, 0) is 6.54 Å². The Labute approximate surface area is 112 Å². The molecule has 2 unspecified atom stereocenters. The third kappa shape index (κ3) is 3.58. The third-order valence-corrected chi connectivity index (χ3v) is 4.56. The molecule has 2 atom stereocenters. The Balaban J connectivity index is 1.89. The van der Waals surface area contributed by atoms with E-state index in [1.807, 2.05) is 0 Å². The molecule has 1 nitrogen and oxygen atoms in total. The first kappa shape index (κ1) is 13.6. The van der Waals surface area contributed by atoms with E-state index in [4.69, 9.17) is 0 Å². The van der Waals surface area contributed by atoms with E-state index in [9.17, 15) is 0 Å². The normalized spacial score (nSPS) is 24.8. The van der Waals surface area contributed by atoms with Crippen molar-refractivity contribution in [2.75, 3.05) is 0 Å². The zero-order chi connectivity index (χ0) is 13.0. The van der Waals surface area contributed by atoms with Crippen molar-refractivity contribution >= 4 is 0 Å². The highest BCUT2D eigenvalue weighted by Gasteiger charge is 2.15. The van der Waals surface area contributed by atoms with Crippen LogP contribution in [0.25, 0.3) is 0 Å². The van der Waals surface area contributed by atoms with Gasteiger partial charge in [-0.25, -0.2) is 0 Å². The number of aryl methyl sites for hydroxylation is 1. The second-order valence-corrected chi connectivity index (χ2v) is 6.05. The molecule has 0 spiro atoms. The van der Waals surface area contributed by atoms with Crippen LogP contribution in [0, 0.1) is 19.8 Å². The van der Waals surface area contributed by atoms with E-state index < -0.39 is 0 Å². The van der Waals surface area contributed by atoms with Crippen molar-refractivity contribution in [1.29, 1.82) is 0 Å². The molecule has 1 fully saturated rings. The monoisotopic (exact) mass is 245 g/mol. The second-order valence-electron chi connectivity index (χ2n) is 6.05. The Kier molecular flexibility index (Phi) is 4.82. The summed E-state index contributed by atoms with van der Waals surface area (Å²) in [5.41, 5.74) is 4.32. The molecule has 1 saturated carbocycles. The summed E-state index contributed by atoms with van der Waals surface area (Å²) in [6, 6.07) is 7.37. The van der Waals surface area contributed by atoms with Gasteiger partial charge in [-0.05, 0) is 55.7 Å².